The molecule has 3 aromatic rings. The first-order chi connectivity index (χ1) is 12.0. The highest BCUT2D eigenvalue weighted by atomic mass is 35.5. The fourth-order valence-corrected chi connectivity index (χ4v) is 2.64. The number of hydrogen-bond acceptors (Lipinski definition) is 4. The lowest BCUT2D eigenvalue weighted by molar-refractivity contribution is -0.112. The van der Waals surface area contributed by atoms with Crippen molar-refractivity contribution in [2.45, 2.75) is 13.8 Å². The number of halogens is 1. The number of amides is 1. The maximum Gasteiger partial charge on any atom is 0.298 e. The van der Waals surface area contributed by atoms with Crippen molar-refractivity contribution in [2.75, 3.05) is 5.32 Å². The standard InChI is InChI=1S/C18H15ClN4O2/c1-11-16(12(2)23(22-11)14-6-4-3-5-7-14)17(24)18(25)21-15-9-8-13(19)10-20-15/h3-10H,1-2H3,(H,20,21,25). The van der Waals surface area contributed by atoms with Crippen LogP contribution in [0.1, 0.15) is 21.7 Å². The molecule has 3 rings (SSSR count). The summed E-state index contributed by atoms with van der Waals surface area (Å²) in [6, 6.07) is 12.5. The van der Waals surface area contributed by atoms with Gasteiger partial charge in [-0.2, -0.15) is 5.10 Å². The number of anilines is 1. The van der Waals surface area contributed by atoms with Crippen LogP contribution in [0.5, 0.6) is 0 Å². The molecule has 25 heavy (non-hydrogen) atoms. The number of carbonyl (C=O) groups is 2. The van der Waals surface area contributed by atoms with Crippen molar-refractivity contribution in [1.29, 1.82) is 0 Å². The summed E-state index contributed by atoms with van der Waals surface area (Å²) in [5.74, 6) is -1.17. The van der Waals surface area contributed by atoms with Crippen LogP contribution in [-0.2, 0) is 4.79 Å². The van der Waals surface area contributed by atoms with Gasteiger partial charge in [0.1, 0.15) is 5.82 Å². The van der Waals surface area contributed by atoms with Gasteiger partial charge < -0.3 is 5.32 Å². The van der Waals surface area contributed by atoms with E-state index in [0.717, 1.165) is 5.69 Å². The number of carbonyl (C=O) groups excluding carboxylic acids is 2. The van der Waals surface area contributed by atoms with E-state index in [0.29, 0.717) is 16.4 Å². The third kappa shape index (κ3) is 3.44. The molecule has 0 radical (unpaired) electrons. The topological polar surface area (TPSA) is 76.9 Å². The molecule has 2 aromatic heterocycles. The van der Waals surface area contributed by atoms with Gasteiger partial charge in [-0.3, -0.25) is 9.59 Å². The molecule has 0 fully saturated rings. The van der Waals surface area contributed by atoms with E-state index in [4.69, 9.17) is 11.6 Å². The quantitative estimate of drug-likeness (QED) is 0.575. The van der Waals surface area contributed by atoms with E-state index in [1.165, 1.54) is 12.3 Å². The summed E-state index contributed by atoms with van der Waals surface area (Å²) in [6.07, 6.45) is 1.39. The summed E-state index contributed by atoms with van der Waals surface area (Å²) in [6.45, 7) is 3.46. The second-order valence-corrected chi connectivity index (χ2v) is 5.87. The summed E-state index contributed by atoms with van der Waals surface area (Å²) in [7, 11) is 0. The van der Waals surface area contributed by atoms with E-state index >= 15 is 0 Å². The number of ketones is 1. The number of pyridine rings is 1. The molecule has 0 aliphatic carbocycles. The monoisotopic (exact) mass is 354 g/mol. The maximum atomic E-state index is 12.6. The van der Waals surface area contributed by atoms with E-state index in [2.05, 4.69) is 15.4 Å². The Morgan fingerprint density at radius 1 is 1.08 bits per heavy atom. The van der Waals surface area contributed by atoms with Crippen LogP contribution >= 0.6 is 11.6 Å². The van der Waals surface area contributed by atoms with Crippen LogP contribution in [-0.4, -0.2) is 26.5 Å². The third-order valence-electron chi connectivity index (χ3n) is 3.69. The Labute approximate surface area is 149 Å². The molecule has 6 nitrogen and oxygen atoms in total. The molecular weight excluding hydrogens is 340 g/mol. The number of aryl methyl sites for hydroxylation is 1. The highest BCUT2D eigenvalue weighted by Crippen LogP contribution is 2.19. The molecule has 7 heteroatoms. The molecule has 0 saturated carbocycles. The van der Waals surface area contributed by atoms with E-state index in [1.807, 2.05) is 30.3 Å². The van der Waals surface area contributed by atoms with E-state index < -0.39 is 11.7 Å². The molecule has 0 aliphatic rings. The lowest BCUT2D eigenvalue weighted by atomic mass is 10.1. The van der Waals surface area contributed by atoms with Crippen molar-refractivity contribution in [3.05, 3.63) is 70.6 Å². The number of nitrogens with one attached hydrogen (secondary N) is 1. The number of benzene rings is 1. The predicted molar refractivity (Wildman–Crippen MR) is 95.2 cm³/mol. The molecule has 0 aliphatic heterocycles. The predicted octanol–water partition coefficient (Wildman–Crippen LogP) is 3.36. The molecule has 0 bridgehead atoms. The Morgan fingerprint density at radius 2 is 1.80 bits per heavy atom. The first-order valence-electron chi connectivity index (χ1n) is 7.56. The average Bonchev–Trinajstić information content (AvgIpc) is 2.91. The minimum Gasteiger partial charge on any atom is -0.304 e. The lowest BCUT2D eigenvalue weighted by Gasteiger charge is -2.06. The van der Waals surface area contributed by atoms with Gasteiger partial charge in [-0.1, -0.05) is 29.8 Å². The summed E-state index contributed by atoms with van der Waals surface area (Å²) in [4.78, 5) is 28.8. The first-order valence-corrected chi connectivity index (χ1v) is 7.94. The average molecular weight is 355 g/mol. The van der Waals surface area contributed by atoms with E-state index in [-0.39, 0.29) is 11.4 Å². The second kappa shape index (κ2) is 6.86. The number of aromatic nitrogens is 3. The van der Waals surface area contributed by atoms with Crippen LogP contribution in [0.25, 0.3) is 5.69 Å². The lowest BCUT2D eigenvalue weighted by Crippen LogP contribution is -2.24. The zero-order valence-corrected chi connectivity index (χ0v) is 14.4. The zero-order valence-electron chi connectivity index (χ0n) is 13.7. The molecule has 1 amide bonds. The number of para-hydroxylation sites is 1. The van der Waals surface area contributed by atoms with Crippen molar-refractivity contribution in [3.63, 3.8) is 0 Å². The fraction of sp³-hybridized carbons (Fsp3) is 0.111. The normalized spacial score (nSPS) is 10.5. The van der Waals surface area contributed by atoms with Gasteiger partial charge >= 0.3 is 0 Å². The van der Waals surface area contributed by atoms with Crippen LogP contribution in [0, 0.1) is 13.8 Å². The smallest absolute Gasteiger partial charge is 0.298 e. The van der Waals surface area contributed by atoms with E-state index in [9.17, 15) is 9.59 Å². The molecule has 0 unspecified atom stereocenters. The van der Waals surface area contributed by atoms with Crippen molar-refractivity contribution < 1.29 is 9.59 Å². The minimum atomic E-state index is -0.770. The van der Waals surface area contributed by atoms with Crippen LogP contribution in [0.2, 0.25) is 5.02 Å². The maximum absolute atomic E-state index is 12.6. The largest absolute Gasteiger partial charge is 0.304 e. The number of rotatable bonds is 4. The van der Waals surface area contributed by atoms with Crippen LogP contribution in [0.4, 0.5) is 5.82 Å². The van der Waals surface area contributed by atoms with Crippen molar-refractivity contribution in [1.82, 2.24) is 14.8 Å². The summed E-state index contributed by atoms with van der Waals surface area (Å²) < 4.78 is 1.65. The van der Waals surface area contributed by atoms with Gasteiger partial charge in [0.05, 0.1) is 27.7 Å². The second-order valence-electron chi connectivity index (χ2n) is 5.44. The highest BCUT2D eigenvalue weighted by molar-refractivity contribution is 6.47. The van der Waals surface area contributed by atoms with Gasteiger partial charge in [0.25, 0.3) is 11.7 Å². The molecule has 1 N–H and O–H groups in total. The van der Waals surface area contributed by atoms with Crippen LogP contribution in [0.3, 0.4) is 0 Å². The summed E-state index contributed by atoms with van der Waals surface area (Å²) in [5.41, 5.74) is 2.20. The molecule has 126 valence electrons. The Balaban J connectivity index is 1.88. The van der Waals surface area contributed by atoms with Crippen molar-refractivity contribution in [3.8, 4) is 5.69 Å². The van der Waals surface area contributed by atoms with Gasteiger partial charge in [-0.05, 0) is 38.1 Å². The summed E-state index contributed by atoms with van der Waals surface area (Å²) in [5, 5.41) is 7.31. The first kappa shape index (κ1) is 16.9. The molecule has 0 atom stereocenters. The van der Waals surface area contributed by atoms with E-state index in [1.54, 1.807) is 24.6 Å². The highest BCUT2D eigenvalue weighted by Gasteiger charge is 2.25. The summed E-state index contributed by atoms with van der Waals surface area (Å²) >= 11 is 5.76. The molecular formula is C18H15ClN4O2. The SMILES string of the molecule is Cc1nn(-c2ccccc2)c(C)c1C(=O)C(=O)Nc1ccc(Cl)cn1. The number of hydrogen-bond donors (Lipinski definition) is 1. The Bertz CT molecular complexity index is 934. The third-order valence-corrected chi connectivity index (χ3v) is 3.92. The molecule has 1 aromatic carbocycles. The van der Waals surface area contributed by atoms with Crippen LogP contribution < -0.4 is 5.32 Å². The van der Waals surface area contributed by atoms with Gasteiger partial charge in [-0.25, -0.2) is 9.67 Å². The Morgan fingerprint density at radius 3 is 2.44 bits per heavy atom. The van der Waals surface area contributed by atoms with Gasteiger partial charge in [0.2, 0.25) is 0 Å². The minimum absolute atomic E-state index is 0.258. The number of nitrogens with zero attached hydrogens (tertiary/aromatic N) is 3. The number of Topliss-reactive ketones (excluding diaryl/α,β-unsaturated/α-hetero) is 1. The molecule has 0 spiro atoms. The van der Waals surface area contributed by atoms with Gasteiger partial charge in [-0.15, -0.1) is 0 Å². The Kier molecular flexibility index (Phi) is 4.63. The fourth-order valence-electron chi connectivity index (χ4n) is 2.53. The molecule has 0 saturated heterocycles. The Hall–Kier alpha value is -2.99. The molecule has 2 heterocycles. The zero-order chi connectivity index (χ0) is 18.0. The van der Waals surface area contributed by atoms with Gasteiger partial charge in [0, 0.05) is 6.20 Å². The van der Waals surface area contributed by atoms with Crippen molar-refractivity contribution in [2.24, 2.45) is 0 Å². The van der Waals surface area contributed by atoms with Gasteiger partial charge in [0.15, 0.2) is 0 Å². The van der Waals surface area contributed by atoms with Crippen molar-refractivity contribution >= 4 is 29.1 Å². The van der Waals surface area contributed by atoms with Crippen LogP contribution in [0.15, 0.2) is 48.7 Å².